The summed E-state index contributed by atoms with van der Waals surface area (Å²) in [4.78, 5) is 22.6. The molecule has 0 aromatic heterocycles. The second kappa shape index (κ2) is 20.5. The SMILES string of the molecule is CC(=O)Cc1ccc(Oc2ccc3c(c2)COB3O)cc1.CC(=O)Cl.CCN(CC)CC.Nc1ccc(Oc2ccc3c(c2)COB3O)cc1. The number of anilines is 1. The smallest absolute Gasteiger partial charge is 0.457 e. The van der Waals surface area contributed by atoms with Crippen LogP contribution in [0.25, 0.3) is 0 Å². The Morgan fingerprint density at radius 3 is 1.46 bits per heavy atom. The minimum absolute atomic E-state index is 0.140. The Bertz CT molecular complexity index is 1660. The predicted molar refractivity (Wildman–Crippen MR) is 200 cm³/mol. The van der Waals surface area contributed by atoms with Crippen LogP contribution < -0.4 is 26.1 Å². The Hall–Kier alpha value is -4.16. The van der Waals surface area contributed by atoms with E-state index < -0.39 is 14.2 Å². The van der Waals surface area contributed by atoms with Crippen molar-refractivity contribution in [1.29, 1.82) is 0 Å². The van der Waals surface area contributed by atoms with Crippen LogP contribution in [0, 0.1) is 0 Å². The van der Waals surface area contributed by atoms with Crippen molar-refractivity contribution >= 4 is 53.5 Å². The molecule has 0 unspecified atom stereocenters. The lowest BCUT2D eigenvalue weighted by atomic mass is 9.80. The molecule has 0 amide bonds. The Labute approximate surface area is 300 Å². The van der Waals surface area contributed by atoms with Gasteiger partial charge in [0.1, 0.15) is 28.8 Å². The minimum Gasteiger partial charge on any atom is -0.457 e. The number of carbonyl (C=O) groups is 2. The number of hydrogen-bond acceptors (Lipinski definition) is 10. The lowest BCUT2D eigenvalue weighted by Crippen LogP contribution is -2.27. The van der Waals surface area contributed by atoms with Crippen molar-refractivity contribution in [2.24, 2.45) is 0 Å². The molecule has 0 fully saturated rings. The normalized spacial score (nSPS) is 12.3. The van der Waals surface area contributed by atoms with E-state index in [-0.39, 0.29) is 11.0 Å². The fourth-order valence-corrected chi connectivity index (χ4v) is 4.98. The Balaban J connectivity index is 0.000000211. The van der Waals surface area contributed by atoms with Gasteiger partial charge in [0.2, 0.25) is 5.24 Å². The highest BCUT2D eigenvalue weighted by atomic mass is 35.5. The zero-order valence-corrected chi connectivity index (χ0v) is 30.0. The monoisotopic (exact) mass is 702 g/mol. The first kappa shape index (κ1) is 40.3. The number of benzene rings is 4. The molecule has 0 radical (unpaired) electrons. The number of fused-ring (bicyclic) bond motifs is 2. The van der Waals surface area contributed by atoms with Gasteiger partial charge in [-0.25, -0.2) is 0 Å². The van der Waals surface area contributed by atoms with E-state index >= 15 is 0 Å². The predicted octanol–water partition coefficient (Wildman–Crippen LogP) is 5.23. The minimum atomic E-state index is -0.833. The van der Waals surface area contributed by atoms with Crippen LogP contribution in [-0.4, -0.2) is 59.8 Å². The van der Waals surface area contributed by atoms with E-state index in [9.17, 15) is 19.6 Å². The van der Waals surface area contributed by atoms with E-state index in [0.717, 1.165) is 39.1 Å². The zero-order chi connectivity index (χ0) is 36.6. The molecule has 2 aliphatic heterocycles. The first-order valence-electron chi connectivity index (χ1n) is 16.4. The van der Waals surface area contributed by atoms with Crippen molar-refractivity contribution in [2.75, 3.05) is 25.4 Å². The molecule has 0 spiro atoms. The standard InChI is InChI=1S/C16H15BO4.C13H12BNO3.C6H15N.C2H3ClO/c1-11(18)8-12-2-4-14(5-3-12)21-15-6-7-16-13(9-15)10-20-17(16)19;15-10-1-3-11(4-2-10)18-12-5-6-13-9(7-12)8-17-14(13)16;1-4-7(5-2)6-3;1-2(3)4/h2-7,9,19H,8,10H2,1H3;1-7,16H,8,15H2;4-6H2,1-3H3;1H3. The van der Waals surface area contributed by atoms with Crippen molar-refractivity contribution in [3.8, 4) is 23.0 Å². The second-order valence-electron chi connectivity index (χ2n) is 11.4. The van der Waals surface area contributed by atoms with Crippen molar-refractivity contribution in [1.82, 2.24) is 4.90 Å². The van der Waals surface area contributed by atoms with Gasteiger partial charge in [-0.2, -0.15) is 0 Å². The second-order valence-corrected chi connectivity index (χ2v) is 12.0. The van der Waals surface area contributed by atoms with Gasteiger partial charge >= 0.3 is 14.2 Å². The van der Waals surface area contributed by atoms with Gasteiger partial charge in [0.25, 0.3) is 0 Å². The molecule has 0 bridgehead atoms. The average molecular weight is 703 g/mol. The Kier molecular flexibility index (Phi) is 16.5. The maximum atomic E-state index is 11.1. The van der Waals surface area contributed by atoms with Gasteiger partial charge in [0.15, 0.2) is 0 Å². The quantitative estimate of drug-likeness (QED) is 0.121. The van der Waals surface area contributed by atoms with Gasteiger partial charge < -0.3 is 39.5 Å². The number of halogens is 1. The number of ether oxygens (including phenoxy) is 2. The molecule has 264 valence electrons. The van der Waals surface area contributed by atoms with Crippen LogP contribution in [0.3, 0.4) is 0 Å². The lowest BCUT2D eigenvalue weighted by Gasteiger charge is -2.13. The number of ketones is 1. The van der Waals surface area contributed by atoms with Crippen LogP contribution in [0.1, 0.15) is 51.3 Å². The number of carbonyl (C=O) groups excluding carboxylic acids is 2. The maximum Gasteiger partial charge on any atom is 0.491 e. The van der Waals surface area contributed by atoms with Crippen LogP contribution in [0.15, 0.2) is 84.9 Å². The summed E-state index contributed by atoms with van der Waals surface area (Å²) in [6.45, 7) is 13.8. The van der Waals surface area contributed by atoms with E-state index in [4.69, 9.17) is 24.5 Å². The summed E-state index contributed by atoms with van der Waals surface area (Å²) in [5.41, 5.74) is 10.8. The highest BCUT2D eigenvalue weighted by Crippen LogP contribution is 2.25. The molecule has 4 aromatic carbocycles. The van der Waals surface area contributed by atoms with Gasteiger partial charge in [-0.15, -0.1) is 0 Å². The molecule has 0 saturated carbocycles. The first-order valence-corrected chi connectivity index (χ1v) is 16.8. The van der Waals surface area contributed by atoms with Gasteiger partial charge in [-0.1, -0.05) is 45.0 Å². The van der Waals surface area contributed by atoms with Gasteiger partial charge in [-0.05, 0) is 126 Å². The molecule has 2 aliphatic rings. The molecule has 50 heavy (non-hydrogen) atoms. The van der Waals surface area contributed by atoms with Gasteiger partial charge in [0, 0.05) is 19.0 Å². The maximum absolute atomic E-state index is 11.1. The van der Waals surface area contributed by atoms with Crippen molar-refractivity contribution < 1.29 is 38.4 Å². The number of nitrogen functional groups attached to an aromatic ring is 1. The summed E-state index contributed by atoms with van der Waals surface area (Å²) < 4.78 is 21.8. The number of hydrogen-bond donors (Lipinski definition) is 3. The summed E-state index contributed by atoms with van der Waals surface area (Å²) in [5, 5.41) is 18.7. The molecule has 4 aromatic rings. The summed E-state index contributed by atoms with van der Waals surface area (Å²) in [6.07, 6.45) is 0.439. The number of nitrogens with zero attached hydrogens (tertiary/aromatic N) is 1. The van der Waals surface area contributed by atoms with Gasteiger partial charge in [0.05, 0.1) is 13.2 Å². The molecule has 0 saturated heterocycles. The third-order valence-corrected chi connectivity index (χ3v) is 7.62. The van der Waals surface area contributed by atoms with Crippen LogP contribution in [0.2, 0.25) is 0 Å². The van der Waals surface area contributed by atoms with Crippen LogP contribution in [0.5, 0.6) is 23.0 Å². The topological polar surface area (TPSA) is 141 Å². The third kappa shape index (κ3) is 13.3. The van der Waals surface area contributed by atoms with E-state index in [1.54, 1.807) is 25.1 Å². The fraction of sp³-hybridized carbons (Fsp3) is 0.297. The summed E-state index contributed by atoms with van der Waals surface area (Å²) in [7, 11) is -1.65. The Morgan fingerprint density at radius 1 is 0.720 bits per heavy atom. The van der Waals surface area contributed by atoms with Gasteiger partial charge in [-0.3, -0.25) is 9.59 Å². The summed E-state index contributed by atoms with van der Waals surface area (Å²) >= 11 is 4.64. The Morgan fingerprint density at radius 2 is 1.10 bits per heavy atom. The molecular formula is C37H45B2ClN2O8. The molecule has 4 N–H and O–H groups in total. The summed E-state index contributed by atoms with van der Waals surface area (Å²) in [6, 6.07) is 25.7. The molecule has 2 heterocycles. The molecule has 10 nitrogen and oxygen atoms in total. The average Bonchev–Trinajstić information content (AvgIpc) is 3.65. The molecular weight excluding hydrogens is 657 g/mol. The van der Waals surface area contributed by atoms with E-state index in [2.05, 4.69) is 37.3 Å². The zero-order valence-electron chi connectivity index (χ0n) is 29.2. The van der Waals surface area contributed by atoms with Crippen LogP contribution >= 0.6 is 11.6 Å². The van der Waals surface area contributed by atoms with Crippen LogP contribution in [-0.2, 0) is 38.5 Å². The first-order chi connectivity index (χ1) is 23.9. The number of rotatable bonds is 9. The molecule has 0 aliphatic carbocycles. The molecule has 6 rings (SSSR count). The summed E-state index contributed by atoms with van der Waals surface area (Å²) in [5.74, 6) is 2.99. The lowest BCUT2D eigenvalue weighted by molar-refractivity contribution is -0.116. The largest absolute Gasteiger partial charge is 0.491 e. The highest BCUT2D eigenvalue weighted by Gasteiger charge is 2.28. The van der Waals surface area contributed by atoms with Crippen LogP contribution in [0.4, 0.5) is 5.69 Å². The molecule has 0 atom stereocenters. The highest BCUT2D eigenvalue weighted by molar-refractivity contribution is 6.63. The van der Waals surface area contributed by atoms with E-state index in [1.807, 2.05) is 66.7 Å². The van der Waals surface area contributed by atoms with Crippen molar-refractivity contribution in [2.45, 2.75) is 54.3 Å². The van der Waals surface area contributed by atoms with Crippen molar-refractivity contribution in [3.63, 3.8) is 0 Å². The fourth-order valence-electron chi connectivity index (χ4n) is 4.98. The van der Waals surface area contributed by atoms with E-state index in [0.29, 0.717) is 36.8 Å². The third-order valence-electron chi connectivity index (χ3n) is 7.62. The van der Waals surface area contributed by atoms with Crippen molar-refractivity contribution in [3.05, 3.63) is 102 Å². The van der Waals surface area contributed by atoms with E-state index in [1.165, 1.54) is 26.6 Å². The number of nitrogens with two attached hydrogens (primary N) is 1. The number of Topliss-reactive ketones (excluding diaryl/α,β-unsaturated/α-hetero) is 1. The molecule has 13 heteroatoms.